The number of halogens is 5. The van der Waals surface area contributed by atoms with Crippen LogP contribution in [-0.4, -0.2) is 40.8 Å². The van der Waals surface area contributed by atoms with Crippen LogP contribution in [0.2, 0.25) is 0 Å². The lowest BCUT2D eigenvalue weighted by Gasteiger charge is -2.35. The lowest BCUT2D eigenvalue weighted by Crippen LogP contribution is -2.44. The highest BCUT2D eigenvalue weighted by Gasteiger charge is 2.37. The number of esters is 1. The van der Waals surface area contributed by atoms with Crippen LogP contribution in [0.3, 0.4) is 0 Å². The molecule has 6 nitrogen and oxygen atoms in total. The molecule has 1 heterocycles. The molecule has 3 aromatic carbocycles. The number of sulfonamides is 1. The molecule has 4 rings (SSSR count). The van der Waals surface area contributed by atoms with Crippen molar-refractivity contribution in [1.82, 2.24) is 0 Å². The average molecular weight is 541 g/mol. The lowest BCUT2D eigenvalue weighted by molar-refractivity contribution is -0.147. The van der Waals surface area contributed by atoms with Gasteiger partial charge in [0.05, 0.1) is 35.9 Å². The summed E-state index contributed by atoms with van der Waals surface area (Å²) in [5.74, 6) is -2.16. The van der Waals surface area contributed by atoms with Crippen LogP contribution in [-0.2, 0) is 36.9 Å². The van der Waals surface area contributed by atoms with E-state index in [1.165, 1.54) is 18.2 Å². The first kappa shape index (κ1) is 26.6. The van der Waals surface area contributed by atoms with Crippen LogP contribution in [0.25, 0.3) is 11.1 Å². The van der Waals surface area contributed by atoms with Crippen molar-refractivity contribution < 1.29 is 44.6 Å². The largest absolute Gasteiger partial charge is 0.467 e. The Morgan fingerprint density at radius 1 is 1.05 bits per heavy atom. The zero-order valence-electron chi connectivity index (χ0n) is 19.3. The first-order valence-corrected chi connectivity index (χ1v) is 12.3. The lowest BCUT2D eigenvalue weighted by atomic mass is 9.96. The molecule has 0 fully saturated rings. The Morgan fingerprint density at radius 3 is 2.51 bits per heavy atom. The summed E-state index contributed by atoms with van der Waals surface area (Å²) in [5.41, 5.74) is -0.634. The minimum absolute atomic E-state index is 0.0662. The fourth-order valence-corrected chi connectivity index (χ4v) is 5.56. The van der Waals surface area contributed by atoms with Gasteiger partial charge in [-0.2, -0.15) is 13.2 Å². The number of anilines is 1. The van der Waals surface area contributed by atoms with E-state index in [-0.39, 0.29) is 29.8 Å². The Balaban J connectivity index is 1.82. The van der Waals surface area contributed by atoms with Crippen LogP contribution in [0.4, 0.5) is 27.6 Å². The predicted octanol–water partition coefficient (Wildman–Crippen LogP) is 4.96. The van der Waals surface area contributed by atoms with Crippen molar-refractivity contribution in [3.8, 4) is 11.1 Å². The molecule has 0 saturated carbocycles. The van der Waals surface area contributed by atoms with Crippen molar-refractivity contribution >= 4 is 21.7 Å². The third kappa shape index (κ3) is 5.59. The number of fused-ring (bicyclic) bond motifs is 1. The van der Waals surface area contributed by atoms with Gasteiger partial charge in [0.2, 0.25) is 0 Å². The van der Waals surface area contributed by atoms with Gasteiger partial charge < -0.3 is 9.47 Å². The summed E-state index contributed by atoms with van der Waals surface area (Å²) in [6.07, 6.45) is -5.48. The normalized spacial score (nSPS) is 15.8. The summed E-state index contributed by atoms with van der Waals surface area (Å²) in [7, 11) is -3.43. The van der Waals surface area contributed by atoms with Crippen molar-refractivity contribution in [1.29, 1.82) is 0 Å². The van der Waals surface area contributed by atoms with Gasteiger partial charge in [-0.05, 0) is 53.6 Å². The zero-order valence-corrected chi connectivity index (χ0v) is 20.1. The minimum Gasteiger partial charge on any atom is -0.467 e. The van der Waals surface area contributed by atoms with E-state index in [2.05, 4.69) is 4.74 Å². The van der Waals surface area contributed by atoms with Gasteiger partial charge in [-0.15, -0.1) is 0 Å². The van der Waals surface area contributed by atoms with E-state index in [0.29, 0.717) is 11.6 Å². The average Bonchev–Trinajstić information content (AvgIpc) is 2.87. The molecule has 0 saturated heterocycles. The van der Waals surface area contributed by atoms with Gasteiger partial charge in [-0.1, -0.05) is 18.2 Å². The number of rotatable bonds is 6. The molecule has 0 radical (unpaired) electrons. The molecule has 0 bridgehead atoms. The first-order chi connectivity index (χ1) is 17.4. The fraction of sp³-hybridized carbons (Fsp3) is 0.240. The summed E-state index contributed by atoms with van der Waals surface area (Å²) in [5, 5.41) is 0. The number of carbonyl (C=O) groups is 1. The maximum atomic E-state index is 14.4. The monoisotopic (exact) mass is 541 g/mol. The molecule has 1 aliphatic rings. The fourth-order valence-electron chi connectivity index (χ4n) is 3.99. The van der Waals surface area contributed by atoms with Gasteiger partial charge in [0.15, 0.2) is 0 Å². The molecule has 0 unspecified atom stereocenters. The molecule has 3 aromatic rings. The summed E-state index contributed by atoms with van der Waals surface area (Å²) < 4.78 is 106. The van der Waals surface area contributed by atoms with E-state index < -0.39 is 57.0 Å². The molecule has 37 heavy (non-hydrogen) atoms. The zero-order chi connectivity index (χ0) is 27.0. The van der Waals surface area contributed by atoms with Gasteiger partial charge in [-0.3, -0.25) is 4.31 Å². The summed E-state index contributed by atoms with van der Waals surface area (Å²) >= 11 is 0. The molecule has 12 heteroatoms. The first-order valence-electron chi connectivity index (χ1n) is 10.9. The van der Waals surface area contributed by atoms with E-state index in [9.17, 15) is 35.2 Å². The second-order valence-electron chi connectivity index (χ2n) is 8.24. The molecule has 196 valence electrons. The van der Waals surface area contributed by atoms with Gasteiger partial charge in [-0.25, -0.2) is 22.0 Å². The van der Waals surface area contributed by atoms with Gasteiger partial charge in [0, 0.05) is 12.0 Å². The Kier molecular flexibility index (Phi) is 7.24. The number of hydrogen-bond donors (Lipinski definition) is 0. The number of hydrogen-bond acceptors (Lipinski definition) is 5. The Bertz CT molecular complexity index is 1440. The van der Waals surface area contributed by atoms with E-state index in [4.69, 9.17) is 4.74 Å². The third-order valence-electron chi connectivity index (χ3n) is 5.82. The van der Waals surface area contributed by atoms with Crippen molar-refractivity contribution in [2.75, 3.05) is 24.6 Å². The second-order valence-corrected chi connectivity index (χ2v) is 10.1. The topological polar surface area (TPSA) is 72.9 Å². The molecule has 0 aromatic heterocycles. The Hall–Kier alpha value is -3.51. The molecular formula is C25H20F5NO5S. The van der Waals surface area contributed by atoms with Gasteiger partial charge >= 0.3 is 12.1 Å². The smallest absolute Gasteiger partial charge is 0.416 e. The summed E-state index contributed by atoms with van der Waals surface area (Å²) in [6.45, 7) is -0.821. The predicted molar refractivity (Wildman–Crippen MR) is 123 cm³/mol. The highest BCUT2D eigenvalue weighted by Crippen LogP contribution is 2.38. The van der Waals surface area contributed by atoms with Crippen LogP contribution in [0.15, 0.2) is 65.6 Å². The SMILES string of the molecule is COC(=O)CO[C@@H]1Cc2ccc(-c3cc(F)ccc3F)cc2N(S(=O)(=O)c2cccc(C(F)(F)F)c2)C1. The number of alkyl halides is 3. The molecule has 1 aliphatic heterocycles. The molecule has 0 aliphatic carbocycles. The van der Waals surface area contributed by atoms with Crippen LogP contribution >= 0.6 is 0 Å². The molecular weight excluding hydrogens is 521 g/mol. The molecule has 0 amide bonds. The van der Waals surface area contributed by atoms with Crippen LogP contribution in [0.1, 0.15) is 11.1 Å². The van der Waals surface area contributed by atoms with Gasteiger partial charge in [0.1, 0.15) is 18.2 Å². The number of methoxy groups -OCH3 is 1. The highest BCUT2D eigenvalue weighted by atomic mass is 32.2. The Morgan fingerprint density at radius 2 is 1.81 bits per heavy atom. The molecule has 0 N–H and O–H groups in total. The summed E-state index contributed by atoms with van der Waals surface area (Å²) in [4.78, 5) is 10.9. The number of ether oxygens (including phenoxy) is 2. The van der Waals surface area contributed by atoms with E-state index in [1.54, 1.807) is 0 Å². The quantitative estimate of drug-likeness (QED) is 0.326. The number of nitrogens with zero attached hydrogens (tertiary/aromatic N) is 1. The Labute approximate surface area is 209 Å². The third-order valence-corrected chi connectivity index (χ3v) is 7.60. The number of carbonyl (C=O) groups excluding carboxylic acids is 1. The molecule has 1 atom stereocenters. The van der Waals surface area contributed by atoms with Crippen LogP contribution in [0.5, 0.6) is 0 Å². The second kappa shape index (κ2) is 10.1. The standard InChI is InChI=1S/C25H20F5NO5S/c1-35-24(32)14-36-19-9-16-6-5-15(21-12-18(26)7-8-22(21)27)10-23(16)31(13-19)37(33,34)20-4-2-3-17(11-20)25(28,29)30/h2-8,10-12,19H,9,13-14H2,1H3/t19-/m1/s1. The van der Waals surface area contributed by atoms with E-state index >= 15 is 0 Å². The minimum atomic E-state index is -4.78. The van der Waals surface area contributed by atoms with Crippen molar-refractivity contribution in [2.24, 2.45) is 0 Å². The van der Waals surface area contributed by atoms with Crippen molar-refractivity contribution in [3.63, 3.8) is 0 Å². The van der Waals surface area contributed by atoms with E-state index in [0.717, 1.165) is 47.8 Å². The highest BCUT2D eigenvalue weighted by molar-refractivity contribution is 7.92. The maximum absolute atomic E-state index is 14.4. The van der Waals surface area contributed by atoms with Crippen LogP contribution in [0, 0.1) is 11.6 Å². The van der Waals surface area contributed by atoms with Crippen molar-refractivity contribution in [2.45, 2.75) is 23.6 Å². The molecule has 0 spiro atoms. The van der Waals surface area contributed by atoms with Crippen LogP contribution < -0.4 is 4.31 Å². The van der Waals surface area contributed by atoms with Gasteiger partial charge in [0.25, 0.3) is 10.0 Å². The van der Waals surface area contributed by atoms with Crippen molar-refractivity contribution in [3.05, 3.63) is 83.4 Å². The maximum Gasteiger partial charge on any atom is 0.416 e. The summed E-state index contributed by atoms with van der Waals surface area (Å²) in [6, 6.07) is 10.4. The number of benzene rings is 3. The van der Waals surface area contributed by atoms with E-state index in [1.807, 2.05) is 0 Å².